The van der Waals surface area contributed by atoms with Gasteiger partial charge < -0.3 is 14.6 Å². The Morgan fingerprint density at radius 2 is 2.06 bits per heavy atom. The van der Waals surface area contributed by atoms with Gasteiger partial charge >= 0.3 is 5.97 Å². The Hall–Kier alpha value is -1.71. The lowest BCUT2D eigenvalue weighted by molar-refractivity contribution is -0.136. The molecule has 4 heteroatoms. The third-order valence-electron chi connectivity index (χ3n) is 2.30. The summed E-state index contributed by atoms with van der Waals surface area (Å²) in [6.45, 7) is 6.36. The van der Waals surface area contributed by atoms with Gasteiger partial charge in [0, 0.05) is 6.42 Å². The number of rotatable bonds is 7. The first-order valence-corrected chi connectivity index (χ1v) is 6.17. The number of hydrogen-bond donors (Lipinski definition) is 1. The molecular formula is C14H20O4. The van der Waals surface area contributed by atoms with E-state index in [9.17, 15) is 4.79 Å². The summed E-state index contributed by atoms with van der Waals surface area (Å²) >= 11 is 0. The van der Waals surface area contributed by atoms with Crippen molar-refractivity contribution in [3.05, 3.63) is 23.8 Å². The summed E-state index contributed by atoms with van der Waals surface area (Å²) in [5.74, 6) is 0.579. The smallest absolute Gasteiger partial charge is 0.303 e. The number of carboxylic acids is 1. The molecule has 0 aliphatic carbocycles. The second kappa shape index (κ2) is 6.89. The van der Waals surface area contributed by atoms with Crippen molar-refractivity contribution in [1.82, 2.24) is 0 Å². The molecule has 4 nitrogen and oxygen atoms in total. The normalized spacial score (nSPS) is 10.4. The zero-order valence-corrected chi connectivity index (χ0v) is 11.1. The van der Waals surface area contributed by atoms with E-state index in [2.05, 4.69) is 0 Å². The largest absolute Gasteiger partial charge is 0.490 e. The van der Waals surface area contributed by atoms with E-state index >= 15 is 0 Å². The first-order chi connectivity index (χ1) is 8.52. The number of carboxylic acid groups (broad SMARTS) is 1. The van der Waals surface area contributed by atoms with Gasteiger partial charge in [-0.15, -0.1) is 0 Å². The van der Waals surface area contributed by atoms with Crippen LogP contribution in [0.1, 0.15) is 32.8 Å². The summed E-state index contributed by atoms with van der Waals surface area (Å²) in [5, 5.41) is 8.67. The fourth-order valence-electron chi connectivity index (χ4n) is 1.58. The molecule has 0 spiro atoms. The van der Waals surface area contributed by atoms with E-state index in [0.29, 0.717) is 24.5 Å². The van der Waals surface area contributed by atoms with E-state index < -0.39 is 5.97 Å². The van der Waals surface area contributed by atoms with Crippen LogP contribution in [0.15, 0.2) is 18.2 Å². The van der Waals surface area contributed by atoms with Gasteiger partial charge in [0.1, 0.15) is 0 Å². The Labute approximate surface area is 108 Å². The molecule has 0 amide bonds. The van der Waals surface area contributed by atoms with E-state index in [1.807, 2.05) is 39.0 Å². The van der Waals surface area contributed by atoms with Crippen LogP contribution in [0.2, 0.25) is 0 Å². The maximum atomic E-state index is 10.5. The lowest BCUT2D eigenvalue weighted by atomic mass is 10.1. The summed E-state index contributed by atoms with van der Waals surface area (Å²) in [6, 6.07) is 5.56. The molecule has 0 unspecified atom stereocenters. The Balaban J connectivity index is 2.84. The van der Waals surface area contributed by atoms with Crippen molar-refractivity contribution in [2.24, 2.45) is 0 Å². The molecule has 0 heterocycles. The molecule has 0 aromatic heterocycles. The minimum Gasteiger partial charge on any atom is -0.490 e. The molecule has 1 N–H and O–H groups in total. The van der Waals surface area contributed by atoms with Gasteiger partial charge in [-0.05, 0) is 44.9 Å². The van der Waals surface area contributed by atoms with E-state index in [4.69, 9.17) is 14.6 Å². The molecule has 0 saturated carbocycles. The molecule has 0 atom stereocenters. The van der Waals surface area contributed by atoms with E-state index in [1.165, 1.54) is 0 Å². The van der Waals surface area contributed by atoms with Gasteiger partial charge in [-0.25, -0.2) is 0 Å². The van der Waals surface area contributed by atoms with Crippen molar-refractivity contribution < 1.29 is 19.4 Å². The molecule has 0 fully saturated rings. The maximum Gasteiger partial charge on any atom is 0.303 e. The highest BCUT2D eigenvalue weighted by atomic mass is 16.5. The first-order valence-electron chi connectivity index (χ1n) is 6.17. The van der Waals surface area contributed by atoms with Gasteiger partial charge in [0.25, 0.3) is 0 Å². The highest BCUT2D eigenvalue weighted by Gasteiger charge is 2.09. The fourth-order valence-corrected chi connectivity index (χ4v) is 1.58. The fraction of sp³-hybridized carbons (Fsp3) is 0.500. The maximum absolute atomic E-state index is 10.5. The van der Waals surface area contributed by atoms with Crippen molar-refractivity contribution >= 4 is 5.97 Å². The topological polar surface area (TPSA) is 55.8 Å². The number of hydrogen-bond acceptors (Lipinski definition) is 3. The summed E-state index contributed by atoms with van der Waals surface area (Å²) in [5.41, 5.74) is 0.942. The van der Waals surface area contributed by atoms with E-state index in [-0.39, 0.29) is 12.5 Å². The Morgan fingerprint density at radius 3 is 2.61 bits per heavy atom. The highest BCUT2D eigenvalue weighted by Crippen LogP contribution is 2.29. The Morgan fingerprint density at radius 1 is 1.33 bits per heavy atom. The Kier molecular flexibility index (Phi) is 5.49. The number of ether oxygens (including phenoxy) is 2. The van der Waals surface area contributed by atoms with Crippen LogP contribution in [-0.2, 0) is 11.2 Å². The van der Waals surface area contributed by atoms with Gasteiger partial charge in [-0.3, -0.25) is 4.79 Å². The minimum absolute atomic E-state index is 0.0778. The average Bonchev–Trinajstić information content (AvgIpc) is 2.29. The second-order valence-electron chi connectivity index (χ2n) is 4.27. The quantitative estimate of drug-likeness (QED) is 0.810. The van der Waals surface area contributed by atoms with Gasteiger partial charge in [0.15, 0.2) is 11.5 Å². The summed E-state index contributed by atoms with van der Waals surface area (Å²) in [4.78, 5) is 10.5. The van der Waals surface area contributed by atoms with Crippen LogP contribution in [-0.4, -0.2) is 23.8 Å². The van der Waals surface area contributed by atoms with Crippen molar-refractivity contribution in [1.29, 1.82) is 0 Å². The van der Waals surface area contributed by atoms with Crippen LogP contribution in [0.4, 0.5) is 0 Å². The SMILES string of the molecule is CCOc1cc(CCC(=O)O)ccc1OC(C)C. The standard InChI is InChI=1S/C14H20O4/c1-4-17-13-9-11(6-8-14(15)16)5-7-12(13)18-10(2)3/h5,7,9-10H,4,6,8H2,1-3H3,(H,15,16). The number of aryl methyl sites for hydroxylation is 1. The highest BCUT2D eigenvalue weighted by molar-refractivity contribution is 5.67. The first kappa shape index (κ1) is 14.4. The summed E-state index contributed by atoms with van der Waals surface area (Å²) < 4.78 is 11.2. The monoisotopic (exact) mass is 252 g/mol. The van der Waals surface area contributed by atoms with Crippen molar-refractivity contribution in [2.45, 2.75) is 39.7 Å². The molecule has 100 valence electrons. The lowest BCUT2D eigenvalue weighted by Crippen LogP contribution is -2.07. The summed E-state index contributed by atoms with van der Waals surface area (Å²) in [6.07, 6.45) is 0.696. The lowest BCUT2D eigenvalue weighted by Gasteiger charge is -2.15. The molecule has 1 rings (SSSR count). The molecule has 1 aromatic carbocycles. The third-order valence-corrected chi connectivity index (χ3v) is 2.30. The van der Waals surface area contributed by atoms with Crippen LogP contribution >= 0.6 is 0 Å². The van der Waals surface area contributed by atoms with Crippen molar-refractivity contribution in [3.63, 3.8) is 0 Å². The van der Waals surface area contributed by atoms with Gasteiger partial charge in [-0.1, -0.05) is 6.07 Å². The molecule has 1 aromatic rings. The summed E-state index contributed by atoms with van der Waals surface area (Å²) in [7, 11) is 0. The zero-order chi connectivity index (χ0) is 13.5. The molecule has 0 radical (unpaired) electrons. The molecule has 0 aliphatic heterocycles. The number of aliphatic carboxylic acids is 1. The third kappa shape index (κ3) is 4.65. The van der Waals surface area contributed by atoms with Crippen molar-refractivity contribution in [2.75, 3.05) is 6.61 Å². The van der Waals surface area contributed by atoms with Gasteiger partial charge in [-0.2, -0.15) is 0 Å². The molecule has 18 heavy (non-hydrogen) atoms. The number of carbonyl (C=O) groups is 1. The zero-order valence-electron chi connectivity index (χ0n) is 11.1. The van der Waals surface area contributed by atoms with Crippen LogP contribution in [0.25, 0.3) is 0 Å². The van der Waals surface area contributed by atoms with Crippen molar-refractivity contribution in [3.8, 4) is 11.5 Å². The predicted octanol–water partition coefficient (Wildman–Crippen LogP) is 2.89. The van der Waals surface area contributed by atoms with Gasteiger partial charge in [0.2, 0.25) is 0 Å². The molecule has 0 saturated heterocycles. The predicted molar refractivity (Wildman–Crippen MR) is 69.3 cm³/mol. The average molecular weight is 252 g/mol. The van der Waals surface area contributed by atoms with E-state index in [0.717, 1.165) is 5.56 Å². The van der Waals surface area contributed by atoms with Gasteiger partial charge in [0.05, 0.1) is 12.7 Å². The molecule has 0 aliphatic rings. The molecule has 0 bridgehead atoms. The van der Waals surface area contributed by atoms with Crippen LogP contribution in [0, 0.1) is 0 Å². The van der Waals surface area contributed by atoms with E-state index in [1.54, 1.807) is 0 Å². The van der Waals surface area contributed by atoms with Crippen LogP contribution in [0.5, 0.6) is 11.5 Å². The van der Waals surface area contributed by atoms with Crippen LogP contribution in [0.3, 0.4) is 0 Å². The molecular weight excluding hydrogens is 232 g/mol. The van der Waals surface area contributed by atoms with Crippen LogP contribution < -0.4 is 9.47 Å². The number of benzene rings is 1. The Bertz CT molecular complexity index is 399. The second-order valence-corrected chi connectivity index (χ2v) is 4.27. The minimum atomic E-state index is -0.796.